The number of H-pyrrole nitrogens is 1. The molecule has 0 atom stereocenters. The van der Waals surface area contributed by atoms with Crippen molar-refractivity contribution in [3.05, 3.63) is 47.3 Å². The molecule has 2 rings (SSSR count). The number of hydrogen-bond acceptors (Lipinski definition) is 4. The minimum absolute atomic E-state index is 0.364. The molecule has 0 bridgehead atoms. The van der Waals surface area contributed by atoms with Crippen LogP contribution >= 0.6 is 0 Å². The highest BCUT2D eigenvalue weighted by Crippen LogP contribution is 2.21. The van der Waals surface area contributed by atoms with E-state index in [1.165, 1.54) is 7.11 Å². The van der Waals surface area contributed by atoms with Gasteiger partial charge in [0.15, 0.2) is 0 Å². The van der Waals surface area contributed by atoms with Gasteiger partial charge in [0.1, 0.15) is 11.4 Å². The fourth-order valence-electron chi connectivity index (χ4n) is 1.92. The Kier molecular flexibility index (Phi) is 4.30. The zero-order chi connectivity index (χ0) is 14.5. The number of aryl methyl sites for hydroxylation is 1. The number of esters is 1. The Labute approximate surface area is 117 Å². The maximum Gasteiger partial charge on any atom is 0.354 e. The summed E-state index contributed by atoms with van der Waals surface area (Å²) in [5.41, 5.74) is 3.50. The Morgan fingerprint density at radius 3 is 2.70 bits per heavy atom. The molecule has 2 N–H and O–H groups in total. The first kappa shape index (κ1) is 14.0. The summed E-state index contributed by atoms with van der Waals surface area (Å²) in [6.45, 7) is 2.61. The van der Waals surface area contributed by atoms with Gasteiger partial charge in [0, 0.05) is 11.4 Å². The number of carbonyl (C=O) groups excluding carboxylic acids is 1. The molecule has 0 saturated carbocycles. The lowest BCUT2D eigenvalue weighted by Gasteiger charge is -2.10. The molecule has 0 spiro atoms. The van der Waals surface area contributed by atoms with Crippen molar-refractivity contribution in [2.24, 2.45) is 0 Å². The van der Waals surface area contributed by atoms with Crippen LogP contribution in [0.2, 0.25) is 0 Å². The second kappa shape index (κ2) is 6.14. The van der Waals surface area contributed by atoms with E-state index in [1.54, 1.807) is 13.2 Å². The Morgan fingerprint density at radius 1 is 1.25 bits per heavy atom. The van der Waals surface area contributed by atoms with Gasteiger partial charge in [-0.2, -0.15) is 0 Å². The maximum atomic E-state index is 11.3. The molecule has 0 unspecified atom stereocenters. The van der Waals surface area contributed by atoms with Crippen LogP contribution in [0.15, 0.2) is 30.3 Å². The molecule has 0 aliphatic heterocycles. The van der Waals surface area contributed by atoms with Crippen LogP contribution in [-0.2, 0) is 11.3 Å². The zero-order valence-corrected chi connectivity index (χ0v) is 11.8. The summed E-state index contributed by atoms with van der Waals surface area (Å²) >= 11 is 0. The third-order valence-electron chi connectivity index (χ3n) is 3.05. The van der Waals surface area contributed by atoms with Gasteiger partial charge < -0.3 is 19.8 Å². The van der Waals surface area contributed by atoms with Gasteiger partial charge in [-0.05, 0) is 42.8 Å². The first-order valence-corrected chi connectivity index (χ1v) is 6.28. The molecule has 1 aromatic heterocycles. The van der Waals surface area contributed by atoms with Crippen LogP contribution in [0.25, 0.3) is 0 Å². The highest BCUT2D eigenvalue weighted by molar-refractivity contribution is 5.87. The smallest absolute Gasteiger partial charge is 0.354 e. The lowest BCUT2D eigenvalue weighted by atomic mass is 10.2. The molecular formula is C15H18N2O3. The molecule has 0 aliphatic carbocycles. The lowest BCUT2D eigenvalue weighted by molar-refractivity contribution is 0.0594. The third kappa shape index (κ3) is 3.12. The maximum absolute atomic E-state index is 11.3. The Balaban J connectivity index is 2.01. The van der Waals surface area contributed by atoms with Crippen molar-refractivity contribution in [3.63, 3.8) is 0 Å². The average molecular weight is 274 g/mol. The van der Waals surface area contributed by atoms with Gasteiger partial charge in [-0.1, -0.05) is 0 Å². The normalized spacial score (nSPS) is 10.2. The largest absolute Gasteiger partial charge is 0.497 e. The van der Waals surface area contributed by atoms with Crippen molar-refractivity contribution in [2.75, 3.05) is 19.5 Å². The van der Waals surface area contributed by atoms with Crippen LogP contribution < -0.4 is 10.1 Å². The van der Waals surface area contributed by atoms with Gasteiger partial charge in [-0.25, -0.2) is 4.79 Å². The lowest BCUT2D eigenvalue weighted by Crippen LogP contribution is -2.04. The van der Waals surface area contributed by atoms with Gasteiger partial charge >= 0.3 is 5.97 Å². The van der Waals surface area contributed by atoms with Crippen LogP contribution in [0, 0.1) is 6.92 Å². The highest BCUT2D eigenvalue weighted by atomic mass is 16.5. The number of rotatable bonds is 5. The van der Waals surface area contributed by atoms with E-state index in [0.29, 0.717) is 12.2 Å². The monoisotopic (exact) mass is 274 g/mol. The number of carbonyl (C=O) groups is 1. The van der Waals surface area contributed by atoms with Crippen LogP contribution in [-0.4, -0.2) is 25.2 Å². The Morgan fingerprint density at radius 2 is 2.05 bits per heavy atom. The molecular weight excluding hydrogens is 256 g/mol. The van der Waals surface area contributed by atoms with Gasteiger partial charge in [0.05, 0.1) is 20.8 Å². The molecule has 0 radical (unpaired) electrons. The van der Waals surface area contributed by atoms with E-state index in [0.717, 1.165) is 22.7 Å². The molecule has 1 heterocycles. The molecule has 5 nitrogen and oxygen atoms in total. The Hall–Kier alpha value is -2.43. The average Bonchev–Trinajstić information content (AvgIpc) is 2.94. The number of benzene rings is 1. The van der Waals surface area contributed by atoms with Gasteiger partial charge in [-0.15, -0.1) is 0 Å². The number of hydrogen-bond donors (Lipinski definition) is 2. The number of aromatic amines is 1. The summed E-state index contributed by atoms with van der Waals surface area (Å²) in [5, 5.41) is 3.31. The van der Waals surface area contributed by atoms with E-state index in [2.05, 4.69) is 15.0 Å². The molecule has 0 fully saturated rings. The fraction of sp³-hybridized carbons (Fsp3) is 0.267. The van der Waals surface area contributed by atoms with E-state index in [4.69, 9.17) is 4.74 Å². The molecule has 0 amide bonds. The van der Waals surface area contributed by atoms with Crippen molar-refractivity contribution < 1.29 is 14.3 Å². The van der Waals surface area contributed by atoms with E-state index in [-0.39, 0.29) is 5.97 Å². The SMILES string of the molecule is COC(=O)c1ccc(CNc2ccc(OC)cc2C)[nH]1. The summed E-state index contributed by atoms with van der Waals surface area (Å²) in [7, 11) is 3.01. The molecule has 106 valence electrons. The quantitative estimate of drug-likeness (QED) is 0.823. The predicted molar refractivity (Wildman–Crippen MR) is 77.2 cm³/mol. The summed E-state index contributed by atoms with van der Waals surface area (Å²) in [5.74, 6) is 0.470. The second-order valence-electron chi connectivity index (χ2n) is 4.42. The fourth-order valence-corrected chi connectivity index (χ4v) is 1.92. The topological polar surface area (TPSA) is 63.4 Å². The minimum Gasteiger partial charge on any atom is -0.497 e. The second-order valence-corrected chi connectivity index (χ2v) is 4.42. The van der Waals surface area contributed by atoms with Gasteiger partial charge in [-0.3, -0.25) is 0 Å². The van der Waals surface area contributed by atoms with Crippen LogP contribution in [0.4, 0.5) is 5.69 Å². The summed E-state index contributed by atoms with van der Waals surface area (Å²) < 4.78 is 9.82. The van der Waals surface area contributed by atoms with E-state index in [1.807, 2.05) is 31.2 Å². The van der Waals surface area contributed by atoms with Crippen molar-refractivity contribution in [1.29, 1.82) is 0 Å². The number of nitrogens with one attached hydrogen (secondary N) is 2. The van der Waals surface area contributed by atoms with E-state index >= 15 is 0 Å². The summed E-state index contributed by atoms with van der Waals surface area (Å²) in [6, 6.07) is 9.42. The van der Waals surface area contributed by atoms with Crippen molar-refractivity contribution >= 4 is 11.7 Å². The van der Waals surface area contributed by atoms with Crippen molar-refractivity contribution in [1.82, 2.24) is 4.98 Å². The number of aromatic nitrogens is 1. The van der Waals surface area contributed by atoms with Crippen LogP contribution in [0.5, 0.6) is 5.75 Å². The van der Waals surface area contributed by atoms with Crippen LogP contribution in [0.1, 0.15) is 21.7 Å². The standard InChI is InChI=1S/C15H18N2O3/c1-10-8-12(19-2)5-7-13(10)16-9-11-4-6-14(17-11)15(18)20-3/h4-8,16-17H,9H2,1-3H3. The number of anilines is 1. The van der Waals surface area contributed by atoms with Crippen molar-refractivity contribution in [3.8, 4) is 5.75 Å². The minimum atomic E-state index is -0.364. The first-order valence-electron chi connectivity index (χ1n) is 6.28. The first-order chi connectivity index (χ1) is 9.63. The molecule has 20 heavy (non-hydrogen) atoms. The summed E-state index contributed by atoms with van der Waals surface area (Å²) in [6.07, 6.45) is 0. The third-order valence-corrected chi connectivity index (χ3v) is 3.05. The molecule has 0 aliphatic rings. The highest BCUT2D eigenvalue weighted by Gasteiger charge is 2.08. The summed E-state index contributed by atoms with van der Waals surface area (Å²) in [4.78, 5) is 14.4. The van der Waals surface area contributed by atoms with Gasteiger partial charge in [0.25, 0.3) is 0 Å². The molecule has 1 aromatic carbocycles. The number of ether oxygens (including phenoxy) is 2. The number of methoxy groups -OCH3 is 2. The zero-order valence-electron chi connectivity index (χ0n) is 11.8. The van der Waals surface area contributed by atoms with E-state index in [9.17, 15) is 4.79 Å². The predicted octanol–water partition coefficient (Wildman–Crippen LogP) is 2.73. The Bertz CT molecular complexity index is 605. The van der Waals surface area contributed by atoms with E-state index < -0.39 is 0 Å². The molecule has 5 heteroatoms. The van der Waals surface area contributed by atoms with Gasteiger partial charge in [0.2, 0.25) is 0 Å². The molecule has 0 saturated heterocycles. The van der Waals surface area contributed by atoms with Crippen molar-refractivity contribution in [2.45, 2.75) is 13.5 Å². The van der Waals surface area contributed by atoms with Crippen LogP contribution in [0.3, 0.4) is 0 Å². The molecule has 2 aromatic rings.